The molecule has 4 nitrogen and oxygen atoms in total. The van der Waals surface area contributed by atoms with E-state index in [1.807, 2.05) is 12.3 Å². The van der Waals surface area contributed by atoms with E-state index in [2.05, 4.69) is 10.3 Å². The van der Waals surface area contributed by atoms with Gasteiger partial charge in [0.2, 0.25) is 0 Å². The van der Waals surface area contributed by atoms with Crippen molar-refractivity contribution in [2.45, 2.75) is 38.6 Å². The van der Waals surface area contributed by atoms with Crippen LogP contribution >= 0.6 is 24.8 Å². The Kier molecular flexibility index (Phi) is 12.3. The van der Waals surface area contributed by atoms with Gasteiger partial charge in [0, 0.05) is 19.3 Å². The molecule has 2 rings (SSSR count). The molecule has 0 saturated heterocycles. The summed E-state index contributed by atoms with van der Waals surface area (Å²) in [6.45, 7) is 1.65. The fourth-order valence-electron chi connectivity index (χ4n) is 2.41. The number of nitrogens with one attached hydrogen (secondary N) is 1. The van der Waals surface area contributed by atoms with Crippen molar-refractivity contribution in [1.82, 2.24) is 4.98 Å². The van der Waals surface area contributed by atoms with Gasteiger partial charge in [-0.25, -0.2) is 0 Å². The number of rotatable bonds is 4. The van der Waals surface area contributed by atoms with Crippen molar-refractivity contribution in [2.75, 3.05) is 11.9 Å². The van der Waals surface area contributed by atoms with Crippen LogP contribution in [-0.2, 0) is 6.54 Å². The average molecular weight is 310 g/mol. The standard InChI is InChI=1S/C13H21N3.2ClH.H2O/c14-8-12-6-7-15-10-13(12)16-9-11-4-2-1-3-5-11;;;/h6-7,10-11,16H,1-5,8-9,14H2;2*1H;1H2. The first-order valence-electron chi connectivity index (χ1n) is 6.27. The first kappa shape index (κ1) is 20.8. The molecular weight excluding hydrogens is 285 g/mol. The molecule has 0 aliphatic heterocycles. The maximum atomic E-state index is 5.69. The quantitative estimate of drug-likeness (QED) is 0.896. The highest BCUT2D eigenvalue weighted by atomic mass is 35.5. The van der Waals surface area contributed by atoms with Crippen molar-refractivity contribution in [3.05, 3.63) is 24.0 Å². The summed E-state index contributed by atoms with van der Waals surface area (Å²) in [5.74, 6) is 0.833. The predicted octanol–water partition coefficient (Wildman–Crippen LogP) is 2.55. The lowest BCUT2D eigenvalue weighted by atomic mass is 9.89. The number of pyridine rings is 1. The lowest BCUT2D eigenvalue weighted by molar-refractivity contribution is 0.373. The maximum absolute atomic E-state index is 5.69. The zero-order chi connectivity index (χ0) is 11.2. The van der Waals surface area contributed by atoms with Crippen molar-refractivity contribution >= 4 is 30.5 Å². The Morgan fingerprint density at radius 1 is 1.21 bits per heavy atom. The van der Waals surface area contributed by atoms with Crippen LogP contribution in [0.4, 0.5) is 5.69 Å². The first-order valence-corrected chi connectivity index (χ1v) is 6.27. The number of halogens is 2. The molecule has 1 heterocycles. The molecule has 6 heteroatoms. The second-order valence-corrected chi connectivity index (χ2v) is 4.62. The summed E-state index contributed by atoms with van der Waals surface area (Å²) >= 11 is 0. The highest BCUT2D eigenvalue weighted by molar-refractivity contribution is 5.85. The van der Waals surface area contributed by atoms with E-state index >= 15 is 0 Å². The fraction of sp³-hybridized carbons (Fsp3) is 0.615. The van der Waals surface area contributed by atoms with Crippen molar-refractivity contribution in [1.29, 1.82) is 0 Å². The molecule has 1 saturated carbocycles. The molecule has 19 heavy (non-hydrogen) atoms. The van der Waals surface area contributed by atoms with Gasteiger partial charge in [-0.3, -0.25) is 4.98 Å². The molecule has 112 valence electrons. The molecule has 1 aromatic heterocycles. The van der Waals surface area contributed by atoms with Crippen LogP contribution in [0.2, 0.25) is 0 Å². The topological polar surface area (TPSA) is 82.4 Å². The van der Waals surface area contributed by atoms with Crippen LogP contribution in [0.1, 0.15) is 37.7 Å². The summed E-state index contributed by atoms with van der Waals surface area (Å²) in [5.41, 5.74) is 7.96. The van der Waals surface area contributed by atoms with E-state index in [4.69, 9.17) is 5.73 Å². The lowest BCUT2D eigenvalue weighted by Crippen LogP contribution is -2.18. The first-order chi connectivity index (χ1) is 7.90. The average Bonchev–Trinajstić information content (AvgIpc) is 2.38. The molecule has 0 amide bonds. The minimum Gasteiger partial charge on any atom is -0.412 e. The van der Waals surface area contributed by atoms with E-state index in [1.165, 1.54) is 32.1 Å². The van der Waals surface area contributed by atoms with E-state index in [1.54, 1.807) is 6.20 Å². The van der Waals surface area contributed by atoms with E-state index in [0.717, 1.165) is 23.7 Å². The lowest BCUT2D eigenvalue weighted by Gasteiger charge is -2.22. The van der Waals surface area contributed by atoms with Gasteiger partial charge < -0.3 is 16.5 Å². The number of nitrogens with two attached hydrogens (primary N) is 1. The molecule has 1 aromatic rings. The van der Waals surface area contributed by atoms with Crippen LogP contribution in [0, 0.1) is 5.92 Å². The fourth-order valence-corrected chi connectivity index (χ4v) is 2.41. The minimum atomic E-state index is 0. The Morgan fingerprint density at radius 2 is 1.89 bits per heavy atom. The summed E-state index contributed by atoms with van der Waals surface area (Å²) in [6, 6.07) is 1.99. The van der Waals surface area contributed by atoms with E-state index in [9.17, 15) is 0 Å². The molecule has 0 bridgehead atoms. The van der Waals surface area contributed by atoms with Crippen LogP contribution in [0.15, 0.2) is 18.5 Å². The number of hydrogen-bond donors (Lipinski definition) is 2. The number of hydrogen-bond acceptors (Lipinski definition) is 3. The van der Waals surface area contributed by atoms with Crippen LogP contribution in [-0.4, -0.2) is 17.0 Å². The second-order valence-electron chi connectivity index (χ2n) is 4.62. The second kappa shape index (κ2) is 11.3. The Hall–Kier alpha value is -0.550. The van der Waals surface area contributed by atoms with Gasteiger partial charge in [0.25, 0.3) is 0 Å². The van der Waals surface area contributed by atoms with Gasteiger partial charge in [-0.15, -0.1) is 24.8 Å². The largest absolute Gasteiger partial charge is 0.412 e. The highest BCUT2D eigenvalue weighted by Crippen LogP contribution is 2.24. The maximum Gasteiger partial charge on any atom is 0.0572 e. The molecule has 0 atom stereocenters. The van der Waals surface area contributed by atoms with Crippen LogP contribution in [0.3, 0.4) is 0 Å². The predicted molar refractivity (Wildman–Crippen MR) is 85.3 cm³/mol. The highest BCUT2D eigenvalue weighted by Gasteiger charge is 2.13. The third kappa shape index (κ3) is 6.43. The van der Waals surface area contributed by atoms with E-state index < -0.39 is 0 Å². The third-order valence-corrected chi connectivity index (χ3v) is 3.44. The van der Waals surface area contributed by atoms with Gasteiger partial charge in [0.15, 0.2) is 0 Å². The summed E-state index contributed by atoms with van der Waals surface area (Å²) in [7, 11) is 0. The van der Waals surface area contributed by atoms with Gasteiger partial charge in [-0.2, -0.15) is 0 Å². The summed E-state index contributed by atoms with van der Waals surface area (Å²) in [4.78, 5) is 4.14. The summed E-state index contributed by atoms with van der Waals surface area (Å²) in [6.07, 6.45) is 10.6. The van der Waals surface area contributed by atoms with Crippen molar-refractivity contribution in [3.8, 4) is 0 Å². The minimum absolute atomic E-state index is 0. The Labute approximate surface area is 127 Å². The smallest absolute Gasteiger partial charge is 0.0572 e. The molecular formula is C13H25Cl2N3O. The van der Waals surface area contributed by atoms with Crippen LogP contribution < -0.4 is 11.1 Å². The Morgan fingerprint density at radius 3 is 2.53 bits per heavy atom. The van der Waals surface area contributed by atoms with Gasteiger partial charge >= 0.3 is 0 Å². The van der Waals surface area contributed by atoms with Crippen LogP contribution in [0.5, 0.6) is 0 Å². The van der Waals surface area contributed by atoms with Crippen molar-refractivity contribution in [2.24, 2.45) is 11.7 Å². The van der Waals surface area contributed by atoms with E-state index in [0.29, 0.717) is 6.54 Å². The molecule has 1 aliphatic rings. The summed E-state index contributed by atoms with van der Waals surface area (Å²) in [5, 5.41) is 3.49. The van der Waals surface area contributed by atoms with Gasteiger partial charge in [0.1, 0.15) is 0 Å². The van der Waals surface area contributed by atoms with Gasteiger partial charge in [-0.05, 0) is 30.4 Å². The number of nitrogens with zero attached hydrogens (tertiary/aromatic N) is 1. The zero-order valence-electron chi connectivity index (χ0n) is 11.1. The van der Waals surface area contributed by atoms with Gasteiger partial charge in [-0.1, -0.05) is 19.3 Å². The normalized spacial score (nSPS) is 14.6. The van der Waals surface area contributed by atoms with Gasteiger partial charge in [0.05, 0.1) is 11.9 Å². The molecule has 0 spiro atoms. The van der Waals surface area contributed by atoms with Crippen molar-refractivity contribution in [3.63, 3.8) is 0 Å². The Bertz CT molecular complexity index is 333. The monoisotopic (exact) mass is 309 g/mol. The van der Waals surface area contributed by atoms with Crippen LogP contribution in [0.25, 0.3) is 0 Å². The molecule has 5 N–H and O–H groups in total. The molecule has 0 unspecified atom stereocenters. The molecule has 0 aromatic carbocycles. The number of aromatic nitrogens is 1. The number of anilines is 1. The molecule has 1 aliphatic carbocycles. The zero-order valence-corrected chi connectivity index (χ0v) is 12.7. The Balaban J connectivity index is 0. The molecule has 0 radical (unpaired) electrons. The summed E-state index contributed by atoms with van der Waals surface area (Å²) < 4.78 is 0. The third-order valence-electron chi connectivity index (χ3n) is 3.44. The van der Waals surface area contributed by atoms with Crippen molar-refractivity contribution < 1.29 is 5.48 Å². The SMILES string of the molecule is Cl.Cl.NCc1ccncc1NCC1CCCCC1.O. The van der Waals surface area contributed by atoms with E-state index in [-0.39, 0.29) is 30.3 Å². The molecule has 1 fully saturated rings.